The molecule has 0 fully saturated rings. The molecule has 0 spiro atoms. The Morgan fingerprint density at radius 3 is 2.72 bits per heavy atom. The molecule has 96 valence electrons. The Bertz CT molecular complexity index is 462. The van der Waals surface area contributed by atoms with Crippen molar-refractivity contribution in [2.24, 2.45) is 0 Å². The van der Waals surface area contributed by atoms with E-state index in [1.165, 1.54) is 16.0 Å². The van der Waals surface area contributed by atoms with Crippen LogP contribution in [0.15, 0.2) is 41.8 Å². The highest BCUT2D eigenvalue weighted by molar-refractivity contribution is 7.09. The van der Waals surface area contributed by atoms with Gasteiger partial charge in [-0.05, 0) is 55.2 Å². The smallest absolute Gasteiger partial charge is 0.0580 e. The maximum atomic E-state index is 10.1. The molecule has 0 aliphatic rings. The topological polar surface area (TPSA) is 20.2 Å². The maximum Gasteiger partial charge on any atom is 0.0580 e. The number of aliphatic hydroxyl groups is 1. The Morgan fingerprint density at radius 1 is 1.17 bits per heavy atom. The van der Waals surface area contributed by atoms with Gasteiger partial charge in [-0.2, -0.15) is 0 Å². The average molecular weight is 260 g/mol. The Morgan fingerprint density at radius 2 is 2.00 bits per heavy atom. The first-order valence-electron chi connectivity index (χ1n) is 6.50. The molecule has 0 radical (unpaired) electrons. The molecule has 2 rings (SSSR count). The molecule has 1 aromatic heterocycles. The van der Waals surface area contributed by atoms with E-state index >= 15 is 0 Å². The van der Waals surface area contributed by atoms with Crippen LogP contribution < -0.4 is 0 Å². The Balaban J connectivity index is 1.75. The first kappa shape index (κ1) is 13.3. The van der Waals surface area contributed by atoms with E-state index in [9.17, 15) is 5.11 Å². The monoisotopic (exact) mass is 260 g/mol. The summed E-state index contributed by atoms with van der Waals surface area (Å²) in [5, 5.41) is 12.2. The molecule has 0 aliphatic heterocycles. The lowest BCUT2D eigenvalue weighted by molar-refractivity contribution is 0.162. The number of hydrogen-bond donors (Lipinski definition) is 1. The number of benzene rings is 1. The summed E-state index contributed by atoms with van der Waals surface area (Å²) >= 11 is 1.80. The minimum atomic E-state index is -0.217. The zero-order valence-electron chi connectivity index (χ0n) is 10.8. The van der Waals surface area contributed by atoms with Crippen LogP contribution in [-0.2, 0) is 12.8 Å². The minimum Gasteiger partial charge on any atom is -0.393 e. The molecular formula is C16H20OS. The zero-order valence-corrected chi connectivity index (χ0v) is 11.6. The Labute approximate surface area is 113 Å². The number of aryl methyl sites for hydroxylation is 2. The van der Waals surface area contributed by atoms with Crippen LogP contribution in [0.4, 0.5) is 0 Å². The van der Waals surface area contributed by atoms with Gasteiger partial charge < -0.3 is 5.11 Å². The quantitative estimate of drug-likeness (QED) is 0.833. The van der Waals surface area contributed by atoms with Crippen LogP contribution in [0.3, 0.4) is 0 Å². The number of aliphatic hydroxyl groups excluding tert-OH is 1. The van der Waals surface area contributed by atoms with E-state index in [0.717, 1.165) is 25.7 Å². The third kappa shape index (κ3) is 3.97. The second-order valence-corrected chi connectivity index (χ2v) is 5.79. The lowest BCUT2D eigenvalue weighted by atomic mass is 9.99. The molecule has 18 heavy (non-hydrogen) atoms. The summed E-state index contributed by atoms with van der Waals surface area (Å²) in [6.45, 7) is 2.10. The molecule has 1 unspecified atom stereocenters. The van der Waals surface area contributed by atoms with Crippen LogP contribution in [0.1, 0.15) is 28.8 Å². The summed E-state index contributed by atoms with van der Waals surface area (Å²) in [5.41, 5.74) is 2.54. The standard InChI is InChI=1S/C16H20OS/c1-13-6-2-3-7-14(13)12-15(17)8-4-9-16-10-5-11-18-16/h2-3,5-7,10-11,15,17H,4,8-9,12H2,1H3. The summed E-state index contributed by atoms with van der Waals surface area (Å²) in [7, 11) is 0. The molecule has 0 amide bonds. The molecule has 1 atom stereocenters. The van der Waals surface area contributed by atoms with E-state index < -0.39 is 0 Å². The SMILES string of the molecule is Cc1ccccc1CC(O)CCCc1cccs1. The highest BCUT2D eigenvalue weighted by Gasteiger charge is 2.07. The van der Waals surface area contributed by atoms with E-state index in [1.54, 1.807) is 11.3 Å². The van der Waals surface area contributed by atoms with E-state index in [4.69, 9.17) is 0 Å². The number of hydrogen-bond acceptors (Lipinski definition) is 2. The van der Waals surface area contributed by atoms with Crippen LogP contribution in [0.25, 0.3) is 0 Å². The summed E-state index contributed by atoms with van der Waals surface area (Å²) in [4.78, 5) is 1.41. The van der Waals surface area contributed by atoms with Crippen molar-refractivity contribution in [1.82, 2.24) is 0 Å². The second-order valence-electron chi connectivity index (χ2n) is 4.76. The van der Waals surface area contributed by atoms with Crippen LogP contribution >= 0.6 is 11.3 Å². The van der Waals surface area contributed by atoms with Gasteiger partial charge in [0.1, 0.15) is 0 Å². The van der Waals surface area contributed by atoms with Gasteiger partial charge in [0.05, 0.1) is 6.10 Å². The van der Waals surface area contributed by atoms with Crippen LogP contribution in [0, 0.1) is 6.92 Å². The second kappa shape index (κ2) is 6.72. The van der Waals surface area contributed by atoms with E-state index in [1.807, 2.05) is 12.1 Å². The Hall–Kier alpha value is -1.12. The van der Waals surface area contributed by atoms with Gasteiger partial charge in [-0.1, -0.05) is 30.3 Å². The van der Waals surface area contributed by atoms with Crippen molar-refractivity contribution < 1.29 is 5.11 Å². The summed E-state index contributed by atoms with van der Waals surface area (Å²) in [6, 6.07) is 12.6. The van der Waals surface area contributed by atoms with Crippen molar-refractivity contribution in [1.29, 1.82) is 0 Å². The number of rotatable bonds is 6. The summed E-state index contributed by atoms with van der Waals surface area (Å²) in [5.74, 6) is 0. The molecular weight excluding hydrogens is 240 g/mol. The van der Waals surface area contributed by atoms with Gasteiger partial charge in [0.15, 0.2) is 0 Å². The minimum absolute atomic E-state index is 0.217. The normalized spacial score (nSPS) is 12.6. The first-order chi connectivity index (χ1) is 8.75. The largest absolute Gasteiger partial charge is 0.393 e. The van der Waals surface area contributed by atoms with Gasteiger partial charge in [-0.15, -0.1) is 11.3 Å². The van der Waals surface area contributed by atoms with Crippen molar-refractivity contribution in [2.45, 2.75) is 38.7 Å². The van der Waals surface area contributed by atoms with Crippen LogP contribution in [0.5, 0.6) is 0 Å². The fourth-order valence-corrected chi connectivity index (χ4v) is 2.91. The molecule has 1 heterocycles. The van der Waals surface area contributed by atoms with Gasteiger partial charge >= 0.3 is 0 Å². The van der Waals surface area contributed by atoms with E-state index in [-0.39, 0.29) is 6.10 Å². The number of thiophene rings is 1. The molecule has 0 saturated heterocycles. The molecule has 2 heteroatoms. The van der Waals surface area contributed by atoms with Crippen molar-refractivity contribution in [2.75, 3.05) is 0 Å². The average Bonchev–Trinajstić information content (AvgIpc) is 2.85. The van der Waals surface area contributed by atoms with Crippen molar-refractivity contribution in [3.05, 3.63) is 57.8 Å². The molecule has 2 aromatic rings. The van der Waals surface area contributed by atoms with Crippen LogP contribution in [0.2, 0.25) is 0 Å². The van der Waals surface area contributed by atoms with Gasteiger partial charge in [0.25, 0.3) is 0 Å². The highest BCUT2D eigenvalue weighted by Crippen LogP contribution is 2.15. The summed E-state index contributed by atoms with van der Waals surface area (Å²) < 4.78 is 0. The predicted octanol–water partition coefficient (Wildman–Crippen LogP) is 3.98. The molecule has 0 aliphatic carbocycles. The lowest BCUT2D eigenvalue weighted by Gasteiger charge is -2.12. The fourth-order valence-electron chi connectivity index (χ4n) is 2.16. The molecule has 1 N–H and O–H groups in total. The van der Waals surface area contributed by atoms with E-state index in [2.05, 4.69) is 36.6 Å². The highest BCUT2D eigenvalue weighted by atomic mass is 32.1. The first-order valence-corrected chi connectivity index (χ1v) is 7.38. The third-order valence-electron chi connectivity index (χ3n) is 3.26. The van der Waals surface area contributed by atoms with Gasteiger partial charge in [0, 0.05) is 4.88 Å². The maximum absolute atomic E-state index is 10.1. The Kier molecular flexibility index (Phi) is 4.97. The van der Waals surface area contributed by atoms with Crippen LogP contribution in [-0.4, -0.2) is 11.2 Å². The van der Waals surface area contributed by atoms with E-state index in [0.29, 0.717) is 0 Å². The molecule has 1 aromatic carbocycles. The van der Waals surface area contributed by atoms with Gasteiger partial charge in [-0.25, -0.2) is 0 Å². The lowest BCUT2D eigenvalue weighted by Crippen LogP contribution is -2.11. The van der Waals surface area contributed by atoms with Crippen molar-refractivity contribution in [3.8, 4) is 0 Å². The van der Waals surface area contributed by atoms with Crippen molar-refractivity contribution >= 4 is 11.3 Å². The van der Waals surface area contributed by atoms with Crippen molar-refractivity contribution in [3.63, 3.8) is 0 Å². The van der Waals surface area contributed by atoms with Gasteiger partial charge in [0.2, 0.25) is 0 Å². The third-order valence-corrected chi connectivity index (χ3v) is 4.19. The molecule has 1 nitrogen and oxygen atoms in total. The van der Waals surface area contributed by atoms with Gasteiger partial charge in [-0.3, -0.25) is 0 Å². The fraction of sp³-hybridized carbons (Fsp3) is 0.375. The predicted molar refractivity (Wildman–Crippen MR) is 78.1 cm³/mol. The molecule has 0 saturated carbocycles. The zero-order chi connectivity index (χ0) is 12.8. The molecule has 0 bridgehead atoms. The summed E-state index contributed by atoms with van der Waals surface area (Å²) in [6.07, 6.45) is 3.59.